The molecule has 1 N–H and O–H groups in total. The van der Waals surface area contributed by atoms with Gasteiger partial charge in [0.1, 0.15) is 11.3 Å². The van der Waals surface area contributed by atoms with Crippen molar-refractivity contribution >= 4 is 28.9 Å². The minimum absolute atomic E-state index is 0.0766. The Morgan fingerprint density at radius 3 is 2.58 bits per heavy atom. The molecule has 1 aliphatic rings. The minimum atomic E-state index is -0.606. The van der Waals surface area contributed by atoms with E-state index in [-0.39, 0.29) is 5.91 Å². The van der Waals surface area contributed by atoms with Crippen molar-refractivity contribution in [2.75, 3.05) is 23.4 Å². The quantitative estimate of drug-likeness (QED) is 0.820. The molecule has 0 fully saturated rings. The van der Waals surface area contributed by atoms with Crippen LogP contribution in [0.5, 0.6) is 5.75 Å². The van der Waals surface area contributed by atoms with Gasteiger partial charge in [0.2, 0.25) is 0 Å². The first-order chi connectivity index (χ1) is 11.5. The number of carbonyl (C=O) groups excluding carboxylic acids is 1. The second kappa shape index (κ2) is 6.73. The van der Waals surface area contributed by atoms with Gasteiger partial charge in [-0.25, -0.2) is 0 Å². The number of hydrogen-bond donors (Lipinski definition) is 1. The van der Waals surface area contributed by atoms with E-state index in [2.05, 4.69) is 5.32 Å². The summed E-state index contributed by atoms with van der Waals surface area (Å²) in [5, 5.41) is 3.99. The lowest BCUT2D eigenvalue weighted by Crippen LogP contribution is -2.54. The molecule has 0 saturated heterocycles. The highest BCUT2D eigenvalue weighted by Gasteiger charge is 2.37. The average Bonchev–Trinajstić information content (AvgIpc) is 2.56. The summed E-state index contributed by atoms with van der Waals surface area (Å²) in [5.41, 5.74) is 1.31. The second-order valence-electron chi connectivity index (χ2n) is 6.38. The Bertz CT molecular complexity index is 728. The van der Waals surface area contributed by atoms with Gasteiger partial charge in [0.05, 0.1) is 18.0 Å². The van der Waals surface area contributed by atoms with E-state index in [1.165, 1.54) is 0 Å². The molecule has 3 rings (SSSR count). The van der Waals surface area contributed by atoms with Crippen LogP contribution in [0.1, 0.15) is 20.3 Å². The fourth-order valence-corrected chi connectivity index (χ4v) is 2.94. The van der Waals surface area contributed by atoms with E-state index < -0.39 is 5.54 Å². The zero-order valence-electron chi connectivity index (χ0n) is 13.9. The summed E-state index contributed by atoms with van der Waals surface area (Å²) < 4.78 is 5.72. The van der Waals surface area contributed by atoms with E-state index in [0.717, 1.165) is 23.5 Å². The molecule has 24 heavy (non-hydrogen) atoms. The van der Waals surface area contributed by atoms with Crippen LogP contribution in [-0.2, 0) is 4.79 Å². The van der Waals surface area contributed by atoms with Crippen LogP contribution in [0.3, 0.4) is 0 Å². The van der Waals surface area contributed by atoms with Crippen LogP contribution in [-0.4, -0.2) is 24.6 Å². The van der Waals surface area contributed by atoms with Crippen molar-refractivity contribution in [3.05, 3.63) is 53.6 Å². The summed E-state index contributed by atoms with van der Waals surface area (Å²) in [6, 6.07) is 15.2. The maximum atomic E-state index is 12.7. The van der Waals surface area contributed by atoms with Gasteiger partial charge in [-0.15, -0.1) is 0 Å². The molecule has 0 atom stereocenters. The van der Waals surface area contributed by atoms with Crippen molar-refractivity contribution in [2.24, 2.45) is 0 Å². The SMILES string of the molecule is CC1(C)Nc2ccccc2N(CCCOc2ccc(Cl)cc2)C1=O. The number of anilines is 2. The molecule has 1 aliphatic heterocycles. The van der Waals surface area contributed by atoms with Crippen LogP contribution in [0.25, 0.3) is 0 Å². The molecular formula is C19H21ClN2O2. The van der Waals surface area contributed by atoms with E-state index in [1.54, 1.807) is 12.1 Å². The van der Waals surface area contributed by atoms with Crippen molar-refractivity contribution in [2.45, 2.75) is 25.8 Å². The molecule has 0 spiro atoms. The third kappa shape index (κ3) is 3.49. The minimum Gasteiger partial charge on any atom is -0.494 e. The number of rotatable bonds is 5. The molecule has 0 saturated carbocycles. The van der Waals surface area contributed by atoms with Crippen LogP contribution in [0.15, 0.2) is 48.5 Å². The summed E-state index contributed by atoms with van der Waals surface area (Å²) in [6.07, 6.45) is 0.749. The standard InChI is InChI=1S/C19H21ClN2O2/c1-19(2)18(23)22(17-7-4-3-6-16(17)21-19)12-5-13-24-15-10-8-14(20)9-11-15/h3-4,6-11,21H,5,12-13H2,1-2H3. The van der Waals surface area contributed by atoms with Crippen LogP contribution in [0.2, 0.25) is 5.02 Å². The third-order valence-electron chi connectivity index (χ3n) is 4.03. The van der Waals surface area contributed by atoms with Gasteiger partial charge in [-0.1, -0.05) is 23.7 Å². The smallest absolute Gasteiger partial charge is 0.252 e. The highest BCUT2D eigenvalue weighted by molar-refractivity contribution is 6.30. The van der Waals surface area contributed by atoms with Crippen molar-refractivity contribution in [1.82, 2.24) is 0 Å². The normalized spacial score (nSPS) is 15.6. The molecule has 0 aliphatic carbocycles. The highest BCUT2D eigenvalue weighted by Crippen LogP contribution is 2.34. The number of benzene rings is 2. The number of carbonyl (C=O) groups is 1. The number of para-hydroxylation sites is 2. The molecule has 2 aromatic rings. The number of fused-ring (bicyclic) bond motifs is 1. The lowest BCUT2D eigenvalue weighted by Gasteiger charge is -2.40. The number of hydrogen-bond acceptors (Lipinski definition) is 3. The van der Waals surface area contributed by atoms with E-state index in [1.807, 2.05) is 55.1 Å². The van der Waals surface area contributed by atoms with Crippen molar-refractivity contribution in [3.8, 4) is 5.75 Å². The maximum Gasteiger partial charge on any atom is 0.252 e. The molecule has 4 nitrogen and oxygen atoms in total. The van der Waals surface area contributed by atoms with Crippen LogP contribution >= 0.6 is 11.6 Å². The Morgan fingerprint density at radius 2 is 1.83 bits per heavy atom. The first kappa shape index (κ1) is 16.7. The number of halogens is 1. The summed E-state index contributed by atoms with van der Waals surface area (Å²) >= 11 is 5.86. The summed E-state index contributed by atoms with van der Waals surface area (Å²) in [4.78, 5) is 14.6. The molecule has 0 radical (unpaired) electrons. The van der Waals surface area contributed by atoms with Crippen molar-refractivity contribution < 1.29 is 9.53 Å². The Hall–Kier alpha value is -2.20. The number of amides is 1. The summed E-state index contributed by atoms with van der Waals surface area (Å²) in [5.74, 6) is 0.861. The van der Waals surface area contributed by atoms with Gasteiger partial charge >= 0.3 is 0 Å². The second-order valence-corrected chi connectivity index (χ2v) is 6.82. The summed E-state index contributed by atoms with van der Waals surface area (Å²) in [6.45, 7) is 4.97. The molecule has 0 bridgehead atoms. The Morgan fingerprint density at radius 1 is 1.12 bits per heavy atom. The third-order valence-corrected chi connectivity index (χ3v) is 4.28. The molecule has 0 unspecified atom stereocenters. The predicted octanol–water partition coefficient (Wildman–Crippen LogP) is 4.35. The molecule has 1 heterocycles. The Balaban J connectivity index is 1.63. The fourth-order valence-electron chi connectivity index (χ4n) is 2.82. The fraction of sp³-hybridized carbons (Fsp3) is 0.316. The van der Waals surface area contributed by atoms with Gasteiger partial charge < -0.3 is 15.0 Å². The van der Waals surface area contributed by atoms with Crippen molar-refractivity contribution in [1.29, 1.82) is 0 Å². The number of nitrogens with zero attached hydrogens (tertiary/aromatic N) is 1. The molecule has 1 amide bonds. The first-order valence-electron chi connectivity index (χ1n) is 8.05. The van der Waals surface area contributed by atoms with Gasteiger partial charge in [-0.2, -0.15) is 0 Å². The van der Waals surface area contributed by atoms with Crippen molar-refractivity contribution in [3.63, 3.8) is 0 Å². The van der Waals surface area contributed by atoms with Gasteiger partial charge in [0.15, 0.2) is 0 Å². The molecule has 5 heteroatoms. The Kier molecular flexibility index (Phi) is 4.67. The average molecular weight is 345 g/mol. The highest BCUT2D eigenvalue weighted by atomic mass is 35.5. The molecule has 0 aromatic heterocycles. The van der Waals surface area contributed by atoms with Crippen LogP contribution in [0, 0.1) is 0 Å². The summed E-state index contributed by atoms with van der Waals surface area (Å²) in [7, 11) is 0. The predicted molar refractivity (Wildman–Crippen MR) is 98.1 cm³/mol. The molecule has 126 valence electrons. The topological polar surface area (TPSA) is 41.6 Å². The van der Waals surface area contributed by atoms with Crippen LogP contribution in [0.4, 0.5) is 11.4 Å². The van der Waals surface area contributed by atoms with E-state index in [4.69, 9.17) is 16.3 Å². The van der Waals surface area contributed by atoms with E-state index in [9.17, 15) is 4.79 Å². The number of ether oxygens (including phenoxy) is 1. The van der Waals surface area contributed by atoms with E-state index >= 15 is 0 Å². The van der Waals surface area contributed by atoms with Gasteiger partial charge in [-0.3, -0.25) is 4.79 Å². The molecule has 2 aromatic carbocycles. The molecular weight excluding hydrogens is 324 g/mol. The monoisotopic (exact) mass is 344 g/mol. The zero-order valence-corrected chi connectivity index (χ0v) is 14.6. The Labute approximate surface area is 147 Å². The van der Waals surface area contributed by atoms with Crippen LogP contribution < -0.4 is 15.0 Å². The number of nitrogens with one attached hydrogen (secondary N) is 1. The largest absolute Gasteiger partial charge is 0.494 e. The lowest BCUT2D eigenvalue weighted by atomic mass is 9.98. The first-order valence-corrected chi connectivity index (χ1v) is 8.43. The maximum absolute atomic E-state index is 12.7. The zero-order chi connectivity index (χ0) is 17.2. The van der Waals surface area contributed by atoms with Gasteiger partial charge in [0, 0.05) is 11.6 Å². The van der Waals surface area contributed by atoms with Gasteiger partial charge in [-0.05, 0) is 56.7 Å². The lowest BCUT2D eigenvalue weighted by molar-refractivity contribution is -0.122. The van der Waals surface area contributed by atoms with Gasteiger partial charge in [0.25, 0.3) is 5.91 Å². The van der Waals surface area contributed by atoms with E-state index in [0.29, 0.717) is 18.2 Å².